The van der Waals surface area contributed by atoms with Crippen molar-refractivity contribution in [3.8, 4) is 0 Å². The van der Waals surface area contributed by atoms with E-state index in [1.165, 1.54) is 17.1 Å². The summed E-state index contributed by atoms with van der Waals surface area (Å²) in [4.78, 5) is 4.70. The molecule has 0 aliphatic heterocycles. The predicted octanol–water partition coefficient (Wildman–Crippen LogP) is 3.37. The molecule has 0 aliphatic rings. The molecule has 0 radical (unpaired) electrons. The van der Waals surface area contributed by atoms with Crippen molar-refractivity contribution in [1.82, 2.24) is 10.3 Å². The number of aryl methyl sites for hydroxylation is 1. The van der Waals surface area contributed by atoms with Crippen LogP contribution >= 0.6 is 11.3 Å². The molecule has 1 aromatic heterocycles. The lowest BCUT2D eigenvalue weighted by Crippen LogP contribution is -2.25. The molecule has 0 aliphatic carbocycles. The quantitative estimate of drug-likeness (QED) is 0.853. The highest BCUT2D eigenvalue weighted by atomic mass is 32.1. The minimum atomic E-state index is 0.183. The van der Waals surface area contributed by atoms with Crippen LogP contribution in [0.5, 0.6) is 0 Å². The molecule has 1 rings (SSSR count). The second-order valence-corrected chi connectivity index (χ2v) is 6.32. The van der Waals surface area contributed by atoms with Gasteiger partial charge >= 0.3 is 0 Å². The van der Waals surface area contributed by atoms with E-state index in [2.05, 4.69) is 45.3 Å². The van der Waals surface area contributed by atoms with Crippen molar-refractivity contribution in [3.63, 3.8) is 0 Å². The highest BCUT2D eigenvalue weighted by Crippen LogP contribution is 2.24. The predicted molar refractivity (Wildman–Crippen MR) is 72.3 cm³/mol. The summed E-state index contributed by atoms with van der Waals surface area (Å²) in [5.41, 5.74) is 1.41. The van der Waals surface area contributed by atoms with E-state index < -0.39 is 0 Å². The molecule has 1 heterocycles. The topological polar surface area (TPSA) is 24.9 Å². The molecule has 0 saturated carbocycles. The monoisotopic (exact) mass is 240 g/mol. The maximum Gasteiger partial charge on any atom is 0.0929 e. The summed E-state index contributed by atoms with van der Waals surface area (Å²) in [5, 5.41) is 6.90. The summed E-state index contributed by atoms with van der Waals surface area (Å²) in [6.45, 7) is 12.1. The molecule has 1 N–H and O–H groups in total. The second kappa shape index (κ2) is 5.78. The third-order valence-corrected chi connectivity index (χ3v) is 3.57. The van der Waals surface area contributed by atoms with Crippen LogP contribution in [0.3, 0.4) is 0 Å². The lowest BCUT2D eigenvalue weighted by molar-refractivity contribution is 0.527. The zero-order valence-corrected chi connectivity index (χ0v) is 11.9. The molecule has 0 spiro atoms. The zero-order valence-electron chi connectivity index (χ0n) is 11.1. The van der Waals surface area contributed by atoms with E-state index in [0.29, 0.717) is 6.04 Å². The normalized spacial score (nSPS) is 14.1. The largest absolute Gasteiger partial charge is 0.315 e. The molecule has 0 saturated heterocycles. The maximum absolute atomic E-state index is 4.70. The summed E-state index contributed by atoms with van der Waals surface area (Å²) < 4.78 is 0. The fraction of sp³-hybridized carbons (Fsp3) is 0.769. The van der Waals surface area contributed by atoms with Crippen molar-refractivity contribution in [1.29, 1.82) is 0 Å². The average Bonchev–Trinajstić information content (AvgIpc) is 2.63. The van der Waals surface area contributed by atoms with Crippen LogP contribution < -0.4 is 5.32 Å². The van der Waals surface area contributed by atoms with Gasteiger partial charge in [-0.25, -0.2) is 4.98 Å². The van der Waals surface area contributed by atoms with Gasteiger partial charge in [0.25, 0.3) is 0 Å². The van der Waals surface area contributed by atoms with Crippen LogP contribution in [0.2, 0.25) is 0 Å². The highest BCUT2D eigenvalue weighted by Gasteiger charge is 2.17. The van der Waals surface area contributed by atoms with E-state index in [-0.39, 0.29) is 5.41 Å². The summed E-state index contributed by atoms with van der Waals surface area (Å²) >= 11 is 1.80. The van der Waals surface area contributed by atoms with E-state index in [9.17, 15) is 0 Å². The molecule has 0 bridgehead atoms. The Labute approximate surface area is 103 Å². The van der Waals surface area contributed by atoms with Crippen molar-refractivity contribution < 1.29 is 0 Å². The Bertz CT molecular complexity index is 312. The number of aromatic nitrogens is 1. The first-order valence-corrected chi connectivity index (χ1v) is 6.99. The van der Waals surface area contributed by atoms with E-state index in [4.69, 9.17) is 4.98 Å². The van der Waals surface area contributed by atoms with E-state index in [1.54, 1.807) is 11.3 Å². The van der Waals surface area contributed by atoms with Gasteiger partial charge in [0.15, 0.2) is 0 Å². The molecule has 0 fully saturated rings. The van der Waals surface area contributed by atoms with Gasteiger partial charge < -0.3 is 5.32 Å². The number of nitrogens with zero attached hydrogens (tertiary/aromatic N) is 1. The third kappa shape index (κ3) is 4.22. The van der Waals surface area contributed by atoms with E-state index in [1.807, 2.05) is 0 Å². The second-order valence-electron chi connectivity index (χ2n) is 5.37. The van der Waals surface area contributed by atoms with Crippen molar-refractivity contribution in [3.05, 3.63) is 16.1 Å². The molecule has 92 valence electrons. The van der Waals surface area contributed by atoms with Gasteiger partial charge in [0.05, 0.1) is 10.7 Å². The van der Waals surface area contributed by atoms with Crippen LogP contribution in [0.25, 0.3) is 0 Å². The van der Waals surface area contributed by atoms with Crippen LogP contribution in [-0.4, -0.2) is 17.6 Å². The van der Waals surface area contributed by atoms with Gasteiger partial charge in [0.2, 0.25) is 0 Å². The number of thiazole rings is 1. The lowest BCUT2D eigenvalue weighted by atomic mass is 9.93. The molecule has 0 aromatic carbocycles. The third-order valence-electron chi connectivity index (χ3n) is 2.66. The van der Waals surface area contributed by atoms with Gasteiger partial charge in [-0.2, -0.15) is 0 Å². The zero-order chi connectivity index (χ0) is 12.2. The van der Waals surface area contributed by atoms with Crippen molar-refractivity contribution in [2.24, 2.45) is 0 Å². The molecule has 1 atom stereocenters. The standard InChI is InChI=1S/C13H24N2S/c1-6-14-10(2)7-8-12-15-11(9-16-12)13(3,4)5/h9-10,14H,6-8H2,1-5H3. The molecule has 0 amide bonds. The number of hydrogen-bond donors (Lipinski definition) is 1. The molecule has 1 aromatic rings. The van der Waals surface area contributed by atoms with Crippen LogP contribution in [0, 0.1) is 0 Å². The van der Waals surface area contributed by atoms with E-state index in [0.717, 1.165) is 13.0 Å². The van der Waals surface area contributed by atoms with Gasteiger partial charge in [-0.15, -0.1) is 11.3 Å². The number of hydrogen-bond acceptors (Lipinski definition) is 3. The molecule has 1 unspecified atom stereocenters. The Kier molecular flexibility index (Phi) is 4.93. The van der Waals surface area contributed by atoms with Crippen molar-refractivity contribution >= 4 is 11.3 Å². The Morgan fingerprint density at radius 1 is 1.44 bits per heavy atom. The molecular weight excluding hydrogens is 216 g/mol. The molecular formula is C13H24N2S. The molecule has 16 heavy (non-hydrogen) atoms. The SMILES string of the molecule is CCNC(C)CCc1nc(C(C)(C)C)cs1. The minimum Gasteiger partial charge on any atom is -0.315 e. The van der Waals surface area contributed by atoms with Crippen molar-refractivity contribution in [2.45, 2.75) is 58.9 Å². The smallest absolute Gasteiger partial charge is 0.0929 e. The lowest BCUT2D eigenvalue weighted by Gasteiger charge is -2.14. The van der Waals surface area contributed by atoms with Crippen LogP contribution in [0.1, 0.15) is 51.7 Å². The van der Waals surface area contributed by atoms with Gasteiger partial charge in [-0.3, -0.25) is 0 Å². The van der Waals surface area contributed by atoms with Crippen molar-refractivity contribution in [2.75, 3.05) is 6.54 Å². The fourth-order valence-corrected chi connectivity index (χ4v) is 2.60. The number of rotatable bonds is 5. The van der Waals surface area contributed by atoms with Gasteiger partial charge in [-0.1, -0.05) is 27.7 Å². The summed E-state index contributed by atoms with van der Waals surface area (Å²) in [6.07, 6.45) is 2.26. The highest BCUT2D eigenvalue weighted by molar-refractivity contribution is 7.09. The Hall–Kier alpha value is -0.410. The van der Waals surface area contributed by atoms with Crippen LogP contribution in [0.4, 0.5) is 0 Å². The van der Waals surface area contributed by atoms with Crippen LogP contribution in [-0.2, 0) is 11.8 Å². The van der Waals surface area contributed by atoms with Gasteiger partial charge in [0, 0.05) is 23.3 Å². The Balaban J connectivity index is 2.47. The Morgan fingerprint density at radius 3 is 2.62 bits per heavy atom. The first kappa shape index (κ1) is 13.7. The minimum absolute atomic E-state index is 0.183. The van der Waals surface area contributed by atoms with Crippen LogP contribution in [0.15, 0.2) is 5.38 Å². The fourth-order valence-electron chi connectivity index (χ4n) is 1.56. The summed E-state index contributed by atoms with van der Waals surface area (Å²) in [5.74, 6) is 0. The maximum atomic E-state index is 4.70. The van der Waals surface area contributed by atoms with Gasteiger partial charge in [-0.05, 0) is 19.9 Å². The summed E-state index contributed by atoms with van der Waals surface area (Å²) in [6, 6.07) is 0.590. The molecule has 2 nitrogen and oxygen atoms in total. The Morgan fingerprint density at radius 2 is 2.12 bits per heavy atom. The summed E-state index contributed by atoms with van der Waals surface area (Å²) in [7, 11) is 0. The average molecular weight is 240 g/mol. The van der Waals surface area contributed by atoms with Gasteiger partial charge in [0.1, 0.15) is 0 Å². The van der Waals surface area contributed by atoms with E-state index >= 15 is 0 Å². The number of nitrogens with one attached hydrogen (secondary N) is 1. The first-order chi connectivity index (χ1) is 7.43. The first-order valence-electron chi connectivity index (χ1n) is 6.11. The molecule has 3 heteroatoms.